The summed E-state index contributed by atoms with van der Waals surface area (Å²) in [7, 11) is 0. The van der Waals surface area contributed by atoms with Crippen LogP contribution >= 0.6 is 11.8 Å². The zero-order valence-corrected chi connectivity index (χ0v) is 17.6. The molecule has 30 heavy (non-hydrogen) atoms. The smallest absolute Gasteiger partial charge is 0.294 e. The van der Waals surface area contributed by atoms with Crippen LogP contribution in [0.3, 0.4) is 0 Å². The summed E-state index contributed by atoms with van der Waals surface area (Å²) in [6.07, 6.45) is 1.61. The van der Waals surface area contributed by atoms with Crippen LogP contribution in [0, 0.1) is 20.8 Å². The molecule has 8 heteroatoms. The standard InChI is InChI=1S/C22H20N2O5S/c1-12-6-13(2)20(14(3)7-12)23-19(25)10-24-21(26)18(30-22(24)27)9-15-4-5-16-17(8-15)29-11-28-16/h4-9H,10-11H2,1-3H3,(H,23,25)/b18-9+. The number of rotatable bonds is 4. The molecule has 0 spiro atoms. The number of fused-ring (bicyclic) bond motifs is 1. The Morgan fingerprint density at radius 1 is 1.10 bits per heavy atom. The van der Waals surface area contributed by atoms with E-state index in [0.717, 1.165) is 33.4 Å². The van der Waals surface area contributed by atoms with Crippen LogP contribution in [0.2, 0.25) is 0 Å². The average Bonchev–Trinajstić information content (AvgIpc) is 3.24. The van der Waals surface area contributed by atoms with Gasteiger partial charge in [-0.2, -0.15) is 0 Å². The Balaban J connectivity index is 1.47. The minimum atomic E-state index is -0.491. The summed E-state index contributed by atoms with van der Waals surface area (Å²) in [6, 6.07) is 9.20. The fraction of sp³-hybridized carbons (Fsp3) is 0.227. The highest BCUT2D eigenvalue weighted by molar-refractivity contribution is 8.18. The molecule has 2 aromatic rings. The molecule has 2 aliphatic rings. The van der Waals surface area contributed by atoms with Crippen molar-refractivity contribution >= 4 is 40.6 Å². The van der Waals surface area contributed by atoms with Gasteiger partial charge in [0.15, 0.2) is 11.5 Å². The fourth-order valence-electron chi connectivity index (χ4n) is 3.49. The fourth-order valence-corrected chi connectivity index (χ4v) is 4.33. The normalized spacial score (nSPS) is 16.5. The van der Waals surface area contributed by atoms with Crippen molar-refractivity contribution in [3.8, 4) is 11.5 Å². The van der Waals surface area contributed by atoms with Crippen molar-refractivity contribution in [3.63, 3.8) is 0 Å². The maximum atomic E-state index is 12.7. The van der Waals surface area contributed by atoms with Gasteiger partial charge in [0.25, 0.3) is 11.1 Å². The van der Waals surface area contributed by atoms with Crippen molar-refractivity contribution in [1.82, 2.24) is 4.90 Å². The Bertz CT molecular complexity index is 1090. The summed E-state index contributed by atoms with van der Waals surface area (Å²) in [5.74, 6) is 0.316. The van der Waals surface area contributed by atoms with E-state index in [1.54, 1.807) is 24.3 Å². The van der Waals surface area contributed by atoms with Gasteiger partial charge in [-0.05, 0) is 67.4 Å². The lowest BCUT2D eigenvalue weighted by Gasteiger charge is -2.15. The number of anilines is 1. The lowest BCUT2D eigenvalue weighted by molar-refractivity contribution is -0.127. The summed E-state index contributed by atoms with van der Waals surface area (Å²) in [4.78, 5) is 38.8. The first-order valence-corrected chi connectivity index (χ1v) is 10.2. The predicted molar refractivity (Wildman–Crippen MR) is 115 cm³/mol. The largest absolute Gasteiger partial charge is 0.454 e. The molecule has 1 N–H and O–H groups in total. The molecule has 1 saturated heterocycles. The van der Waals surface area contributed by atoms with Crippen molar-refractivity contribution in [3.05, 3.63) is 57.5 Å². The molecule has 4 rings (SSSR count). The first kappa shape index (κ1) is 20.0. The number of amides is 3. The molecule has 0 bridgehead atoms. The third-order valence-electron chi connectivity index (χ3n) is 4.81. The molecule has 2 heterocycles. The van der Waals surface area contributed by atoms with E-state index < -0.39 is 17.1 Å². The van der Waals surface area contributed by atoms with Crippen molar-refractivity contribution < 1.29 is 23.9 Å². The van der Waals surface area contributed by atoms with Crippen molar-refractivity contribution in [2.75, 3.05) is 18.7 Å². The molecule has 7 nitrogen and oxygen atoms in total. The third-order valence-corrected chi connectivity index (χ3v) is 5.72. The molecular weight excluding hydrogens is 404 g/mol. The second-order valence-corrected chi connectivity index (χ2v) is 8.20. The van der Waals surface area contributed by atoms with E-state index >= 15 is 0 Å². The number of imide groups is 1. The van der Waals surface area contributed by atoms with E-state index in [1.165, 1.54) is 0 Å². The highest BCUT2D eigenvalue weighted by Crippen LogP contribution is 2.36. The number of aryl methyl sites for hydroxylation is 3. The molecule has 0 aromatic heterocycles. The quantitative estimate of drug-likeness (QED) is 0.747. The molecule has 2 aliphatic heterocycles. The van der Waals surface area contributed by atoms with Crippen LogP contribution in [0.25, 0.3) is 6.08 Å². The average molecular weight is 424 g/mol. The lowest BCUT2D eigenvalue weighted by atomic mass is 10.1. The number of ether oxygens (including phenoxy) is 2. The molecule has 0 saturated carbocycles. The highest BCUT2D eigenvalue weighted by Gasteiger charge is 2.36. The first-order valence-electron chi connectivity index (χ1n) is 9.34. The van der Waals surface area contributed by atoms with Gasteiger partial charge in [0, 0.05) is 5.69 Å². The van der Waals surface area contributed by atoms with Crippen LogP contribution < -0.4 is 14.8 Å². The minimum Gasteiger partial charge on any atom is -0.454 e. The molecule has 3 amide bonds. The summed E-state index contributed by atoms with van der Waals surface area (Å²) < 4.78 is 10.6. The Hall–Kier alpha value is -3.26. The van der Waals surface area contributed by atoms with Gasteiger partial charge in [-0.25, -0.2) is 0 Å². The van der Waals surface area contributed by atoms with E-state index in [-0.39, 0.29) is 18.2 Å². The van der Waals surface area contributed by atoms with Crippen LogP contribution in [0.5, 0.6) is 11.5 Å². The van der Waals surface area contributed by atoms with Gasteiger partial charge >= 0.3 is 0 Å². The van der Waals surface area contributed by atoms with E-state index in [0.29, 0.717) is 22.7 Å². The highest BCUT2D eigenvalue weighted by atomic mass is 32.2. The SMILES string of the molecule is Cc1cc(C)c(NC(=O)CN2C(=O)S/C(=C/c3ccc4c(c3)OCO4)C2=O)c(C)c1. The molecule has 0 radical (unpaired) electrons. The van der Waals surface area contributed by atoms with Crippen LogP contribution in [-0.2, 0) is 9.59 Å². The van der Waals surface area contributed by atoms with E-state index in [2.05, 4.69) is 5.32 Å². The second kappa shape index (κ2) is 7.87. The van der Waals surface area contributed by atoms with Crippen molar-refractivity contribution in [1.29, 1.82) is 0 Å². The topological polar surface area (TPSA) is 84.9 Å². The number of hydrogen-bond acceptors (Lipinski definition) is 6. The lowest BCUT2D eigenvalue weighted by Crippen LogP contribution is -2.36. The first-order chi connectivity index (χ1) is 14.3. The van der Waals surface area contributed by atoms with Gasteiger partial charge in [0.1, 0.15) is 6.54 Å². The summed E-state index contributed by atoms with van der Waals surface area (Å²) in [6.45, 7) is 5.62. The summed E-state index contributed by atoms with van der Waals surface area (Å²) in [5.41, 5.74) is 4.37. The number of thioether (sulfide) groups is 1. The van der Waals surface area contributed by atoms with Crippen LogP contribution in [-0.4, -0.2) is 35.3 Å². The molecule has 154 valence electrons. The zero-order valence-electron chi connectivity index (χ0n) is 16.8. The maximum Gasteiger partial charge on any atom is 0.294 e. The van der Waals surface area contributed by atoms with Crippen LogP contribution in [0.4, 0.5) is 10.5 Å². The molecule has 0 atom stereocenters. The second-order valence-electron chi connectivity index (χ2n) is 7.20. The number of nitrogens with one attached hydrogen (secondary N) is 1. The Kier molecular flexibility index (Phi) is 5.26. The summed E-state index contributed by atoms with van der Waals surface area (Å²) >= 11 is 0.813. The number of hydrogen-bond donors (Lipinski definition) is 1. The number of carbonyl (C=O) groups excluding carboxylic acids is 3. The van der Waals surface area contributed by atoms with Gasteiger partial charge in [-0.3, -0.25) is 19.3 Å². The van der Waals surface area contributed by atoms with E-state index in [9.17, 15) is 14.4 Å². The molecule has 2 aromatic carbocycles. The van der Waals surface area contributed by atoms with Gasteiger partial charge in [-0.1, -0.05) is 23.8 Å². The monoisotopic (exact) mass is 424 g/mol. The zero-order chi connectivity index (χ0) is 21.4. The van der Waals surface area contributed by atoms with Gasteiger partial charge in [0.05, 0.1) is 4.91 Å². The number of carbonyl (C=O) groups is 3. The Morgan fingerprint density at radius 3 is 2.53 bits per heavy atom. The van der Waals surface area contributed by atoms with Crippen LogP contribution in [0.15, 0.2) is 35.2 Å². The Morgan fingerprint density at radius 2 is 1.80 bits per heavy atom. The summed E-state index contributed by atoms with van der Waals surface area (Å²) in [5, 5.41) is 2.35. The molecular formula is C22H20N2O5S. The van der Waals surface area contributed by atoms with Gasteiger partial charge < -0.3 is 14.8 Å². The van der Waals surface area contributed by atoms with E-state index in [1.807, 2.05) is 32.9 Å². The van der Waals surface area contributed by atoms with Crippen LogP contribution in [0.1, 0.15) is 22.3 Å². The van der Waals surface area contributed by atoms with Gasteiger partial charge in [-0.15, -0.1) is 0 Å². The maximum absolute atomic E-state index is 12.7. The minimum absolute atomic E-state index is 0.157. The van der Waals surface area contributed by atoms with Crippen molar-refractivity contribution in [2.24, 2.45) is 0 Å². The predicted octanol–water partition coefficient (Wildman–Crippen LogP) is 4.02. The molecule has 0 aliphatic carbocycles. The van der Waals surface area contributed by atoms with E-state index in [4.69, 9.17) is 9.47 Å². The molecule has 1 fully saturated rings. The number of benzene rings is 2. The molecule has 0 unspecified atom stereocenters. The third kappa shape index (κ3) is 3.91. The van der Waals surface area contributed by atoms with Crippen molar-refractivity contribution in [2.45, 2.75) is 20.8 Å². The Labute approximate surface area is 178 Å². The van der Waals surface area contributed by atoms with Gasteiger partial charge in [0.2, 0.25) is 12.7 Å². The number of nitrogens with zero attached hydrogens (tertiary/aromatic N) is 1.